The second-order valence-electron chi connectivity index (χ2n) is 6.73. The second-order valence-corrected chi connectivity index (χ2v) is 8.31. The molecule has 0 spiro atoms. The fraction of sp³-hybridized carbons (Fsp3) is 0.190. The lowest BCUT2D eigenvalue weighted by atomic mass is 10.0. The molecule has 0 saturated carbocycles. The van der Waals surface area contributed by atoms with E-state index in [0.717, 1.165) is 16.2 Å². The largest absolute Gasteiger partial charge is 0.344 e. The molecular weight excluding hydrogens is 413 g/mol. The zero-order valence-electron chi connectivity index (χ0n) is 15.5. The molecule has 1 amide bonds. The van der Waals surface area contributed by atoms with Crippen molar-refractivity contribution in [1.29, 1.82) is 0 Å². The van der Waals surface area contributed by atoms with Crippen LogP contribution < -0.4 is 10.7 Å². The number of aromatic nitrogens is 2. The summed E-state index contributed by atoms with van der Waals surface area (Å²) in [7, 11) is 0. The molecule has 0 radical (unpaired) electrons. The summed E-state index contributed by atoms with van der Waals surface area (Å²) in [5.41, 5.74) is 1.33. The molecule has 1 aliphatic rings. The van der Waals surface area contributed by atoms with E-state index in [9.17, 15) is 14.0 Å². The number of benzene rings is 2. The zero-order chi connectivity index (χ0) is 20.5. The van der Waals surface area contributed by atoms with Crippen molar-refractivity contribution in [2.75, 3.05) is 5.75 Å². The van der Waals surface area contributed by atoms with Crippen LogP contribution >= 0.6 is 23.4 Å². The molecule has 3 aromatic rings. The minimum atomic E-state index is -0.579. The van der Waals surface area contributed by atoms with Gasteiger partial charge in [0.1, 0.15) is 5.82 Å². The first-order valence-corrected chi connectivity index (χ1v) is 10.4. The summed E-state index contributed by atoms with van der Waals surface area (Å²) in [5, 5.41) is 7.71. The maximum absolute atomic E-state index is 13.7. The number of nitrogens with one attached hydrogen (secondary N) is 1. The SMILES string of the molecule is Cc1cc(=O)c(C(=O)NC2CCSc3ccc(F)cc32)nn1-c1ccc(Cl)cc1. The van der Waals surface area contributed by atoms with Crippen molar-refractivity contribution in [3.63, 3.8) is 0 Å². The molecule has 1 N–H and O–H groups in total. The Morgan fingerprint density at radius 1 is 1.24 bits per heavy atom. The fourth-order valence-electron chi connectivity index (χ4n) is 3.29. The van der Waals surface area contributed by atoms with Gasteiger partial charge in [-0.3, -0.25) is 9.59 Å². The molecule has 148 valence electrons. The predicted molar refractivity (Wildman–Crippen MR) is 112 cm³/mol. The van der Waals surface area contributed by atoms with Gasteiger partial charge in [0.25, 0.3) is 5.91 Å². The molecule has 8 heteroatoms. The van der Waals surface area contributed by atoms with Gasteiger partial charge in [-0.05, 0) is 61.4 Å². The first-order valence-electron chi connectivity index (χ1n) is 9.02. The molecule has 0 saturated heterocycles. The molecule has 1 unspecified atom stereocenters. The fourth-order valence-corrected chi connectivity index (χ4v) is 4.52. The van der Waals surface area contributed by atoms with E-state index in [1.807, 2.05) is 0 Å². The van der Waals surface area contributed by atoms with Gasteiger partial charge in [-0.1, -0.05) is 11.6 Å². The van der Waals surface area contributed by atoms with Crippen LogP contribution in [0.25, 0.3) is 5.69 Å². The predicted octanol–water partition coefficient (Wildman–Crippen LogP) is 4.30. The average molecular weight is 430 g/mol. The molecule has 2 heterocycles. The lowest BCUT2D eigenvalue weighted by Crippen LogP contribution is -2.35. The quantitative estimate of drug-likeness (QED) is 0.674. The van der Waals surface area contributed by atoms with Crippen molar-refractivity contribution in [2.24, 2.45) is 0 Å². The van der Waals surface area contributed by atoms with E-state index < -0.39 is 11.3 Å². The summed E-state index contributed by atoms with van der Waals surface area (Å²) in [6.07, 6.45) is 0.643. The summed E-state index contributed by atoms with van der Waals surface area (Å²) in [4.78, 5) is 26.2. The normalized spacial score (nSPS) is 15.6. The van der Waals surface area contributed by atoms with Crippen molar-refractivity contribution in [3.05, 3.63) is 86.5 Å². The Morgan fingerprint density at radius 2 is 2.00 bits per heavy atom. The first kappa shape index (κ1) is 19.7. The van der Waals surface area contributed by atoms with E-state index in [4.69, 9.17) is 11.6 Å². The van der Waals surface area contributed by atoms with Gasteiger partial charge in [0.05, 0.1) is 11.7 Å². The number of nitrogens with zero attached hydrogens (tertiary/aromatic N) is 2. The summed E-state index contributed by atoms with van der Waals surface area (Å²) in [6, 6.07) is 12.5. The van der Waals surface area contributed by atoms with E-state index in [0.29, 0.717) is 22.8 Å². The Morgan fingerprint density at radius 3 is 2.76 bits per heavy atom. The van der Waals surface area contributed by atoms with Crippen LogP contribution in [-0.4, -0.2) is 21.4 Å². The minimum Gasteiger partial charge on any atom is -0.344 e. The number of aryl methyl sites for hydroxylation is 1. The van der Waals surface area contributed by atoms with Crippen LogP contribution in [0.15, 0.2) is 58.2 Å². The van der Waals surface area contributed by atoms with Gasteiger partial charge < -0.3 is 5.32 Å². The summed E-state index contributed by atoms with van der Waals surface area (Å²) in [6.45, 7) is 1.74. The number of halogens is 2. The van der Waals surface area contributed by atoms with Gasteiger partial charge in [-0.25, -0.2) is 9.07 Å². The Hall–Kier alpha value is -2.64. The molecule has 0 aliphatic carbocycles. The highest BCUT2D eigenvalue weighted by Gasteiger charge is 2.25. The number of rotatable bonds is 3. The van der Waals surface area contributed by atoms with E-state index in [1.54, 1.807) is 49.0 Å². The molecule has 4 rings (SSSR count). The van der Waals surface area contributed by atoms with Crippen molar-refractivity contribution >= 4 is 29.3 Å². The molecule has 0 bridgehead atoms. The summed E-state index contributed by atoms with van der Waals surface area (Å²) in [5.74, 6) is -0.145. The van der Waals surface area contributed by atoms with Crippen LogP contribution in [0.5, 0.6) is 0 Å². The Balaban J connectivity index is 1.66. The van der Waals surface area contributed by atoms with Crippen molar-refractivity contribution in [3.8, 4) is 5.69 Å². The van der Waals surface area contributed by atoms with E-state index in [2.05, 4.69) is 10.4 Å². The highest BCUT2D eigenvalue weighted by atomic mass is 35.5. The molecule has 29 heavy (non-hydrogen) atoms. The van der Waals surface area contributed by atoms with Crippen LogP contribution in [-0.2, 0) is 0 Å². The highest BCUT2D eigenvalue weighted by molar-refractivity contribution is 7.99. The second kappa shape index (κ2) is 8.00. The standard InChI is InChI=1S/C21H17ClFN3O2S/c1-12-10-18(27)20(25-26(12)15-5-2-13(22)3-6-15)21(28)24-17-8-9-29-19-7-4-14(23)11-16(17)19/h2-7,10-11,17H,8-9H2,1H3,(H,24,28). The molecule has 5 nitrogen and oxygen atoms in total. The van der Waals surface area contributed by atoms with Crippen LogP contribution in [0.3, 0.4) is 0 Å². The van der Waals surface area contributed by atoms with Crippen molar-refractivity contribution in [2.45, 2.75) is 24.3 Å². The number of amides is 1. The van der Waals surface area contributed by atoms with Gasteiger partial charge >= 0.3 is 0 Å². The maximum Gasteiger partial charge on any atom is 0.276 e. The van der Waals surface area contributed by atoms with Crippen LogP contribution in [0.2, 0.25) is 5.02 Å². The molecule has 1 atom stereocenters. The van der Waals surface area contributed by atoms with Crippen molar-refractivity contribution in [1.82, 2.24) is 15.1 Å². The van der Waals surface area contributed by atoms with Gasteiger partial charge in [0.2, 0.25) is 5.43 Å². The summed E-state index contributed by atoms with van der Waals surface area (Å²) < 4.78 is 15.2. The zero-order valence-corrected chi connectivity index (χ0v) is 17.1. The number of fused-ring (bicyclic) bond motifs is 1. The van der Waals surface area contributed by atoms with Crippen molar-refractivity contribution < 1.29 is 9.18 Å². The number of carbonyl (C=O) groups is 1. The number of hydrogen-bond donors (Lipinski definition) is 1. The third kappa shape index (κ3) is 4.06. The Bertz CT molecular complexity index is 1150. The first-order chi connectivity index (χ1) is 13.9. The van der Waals surface area contributed by atoms with E-state index in [-0.39, 0.29) is 17.6 Å². The van der Waals surface area contributed by atoms with Gasteiger partial charge in [-0.15, -0.1) is 11.8 Å². The topological polar surface area (TPSA) is 64.0 Å². The highest BCUT2D eigenvalue weighted by Crippen LogP contribution is 2.36. The Labute approximate surface area is 175 Å². The monoisotopic (exact) mass is 429 g/mol. The molecule has 2 aromatic carbocycles. The van der Waals surface area contributed by atoms with E-state index in [1.165, 1.54) is 22.9 Å². The van der Waals surface area contributed by atoms with Crippen LogP contribution in [0.4, 0.5) is 4.39 Å². The number of thioether (sulfide) groups is 1. The number of carbonyl (C=O) groups excluding carboxylic acids is 1. The smallest absolute Gasteiger partial charge is 0.276 e. The third-order valence-electron chi connectivity index (χ3n) is 4.71. The Kier molecular flexibility index (Phi) is 5.43. The van der Waals surface area contributed by atoms with Gasteiger partial charge in [0.15, 0.2) is 5.69 Å². The van der Waals surface area contributed by atoms with E-state index >= 15 is 0 Å². The van der Waals surface area contributed by atoms with Gasteiger partial charge in [0, 0.05) is 27.4 Å². The molecule has 0 fully saturated rings. The lowest BCUT2D eigenvalue weighted by molar-refractivity contribution is 0.0926. The maximum atomic E-state index is 13.7. The molecular formula is C21H17ClFN3O2S. The third-order valence-corrected chi connectivity index (χ3v) is 6.08. The lowest BCUT2D eigenvalue weighted by Gasteiger charge is -2.25. The number of hydrogen-bond acceptors (Lipinski definition) is 4. The van der Waals surface area contributed by atoms with Gasteiger partial charge in [-0.2, -0.15) is 5.10 Å². The van der Waals surface area contributed by atoms with Crippen LogP contribution in [0.1, 0.15) is 34.2 Å². The molecule has 1 aliphatic heterocycles. The molecule has 1 aromatic heterocycles. The average Bonchev–Trinajstić information content (AvgIpc) is 2.69. The summed E-state index contributed by atoms with van der Waals surface area (Å²) >= 11 is 7.55. The van der Waals surface area contributed by atoms with Crippen LogP contribution in [0, 0.1) is 12.7 Å². The minimum absolute atomic E-state index is 0.207.